The number of hydrogen-bond acceptors (Lipinski definition) is 5. The summed E-state index contributed by atoms with van der Waals surface area (Å²) >= 11 is 0. The van der Waals surface area contributed by atoms with E-state index in [1.54, 1.807) is 16.8 Å². The van der Waals surface area contributed by atoms with Crippen molar-refractivity contribution in [1.82, 2.24) is 14.5 Å². The molecule has 1 heterocycles. The van der Waals surface area contributed by atoms with Gasteiger partial charge in [0.15, 0.2) is 0 Å². The number of aromatic nitrogens is 2. The van der Waals surface area contributed by atoms with Crippen molar-refractivity contribution in [1.29, 1.82) is 10.5 Å². The second-order valence-corrected chi connectivity index (χ2v) is 10.7. The Hall–Kier alpha value is -4.72. The number of nitrogens with one attached hydrogen (secondary N) is 1. The lowest BCUT2D eigenvalue weighted by atomic mass is 9.68. The van der Waals surface area contributed by atoms with Gasteiger partial charge in [0.05, 0.1) is 35.2 Å². The van der Waals surface area contributed by atoms with Gasteiger partial charge in [0.2, 0.25) is 0 Å². The Bertz CT molecular complexity index is 1690. The van der Waals surface area contributed by atoms with Crippen LogP contribution in [-0.2, 0) is 18.5 Å². The third-order valence-corrected chi connectivity index (χ3v) is 8.13. The summed E-state index contributed by atoms with van der Waals surface area (Å²) in [6, 6.07) is 31.6. The minimum Gasteiger partial charge on any atom is -0.314 e. The van der Waals surface area contributed by atoms with Crippen LogP contribution >= 0.6 is 0 Å². The molecule has 0 aliphatic heterocycles. The molecule has 0 saturated heterocycles. The number of benzene rings is 3. The molecule has 1 N–H and O–H groups in total. The SMILES string of the molecule is N#Cc1ccccc1[C@]1(C#N)CC[C@H](NCCCn2c(=O)c(-c3ccccc3)cn(Cc3ccccc3)c2=O)CC1. The molecule has 1 aromatic heterocycles. The van der Waals surface area contributed by atoms with Crippen LogP contribution in [0.2, 0.25) is 0 Å². The van der Waals surface area contributed by atoms with Crippen LogP contribution in [-0.4, -0.2) is 21.7 Å². The quantitative estimate of drug-likeness (QED) is 0.300. The molecule has 0 amide bonds. The fourth-order valence-electron chi connectivity index (χ4n) is 5.86. The first-order chi connectivity index (χ1) is 20.0. The highest BCUT2D eigenvalue weighted by Crippen LogP contribution is 2.40. The van der Waals surface area contributed by atoms with Crippen LogP contribution in [0.5, 0.6) is 0 Å². The summed E-state index contributed by atoms with van der Waals surface area (Å²) in [5.41, 5.74) is 2.45. The zero-order valence-electron chi connectivity index (χ0n) is 23.0. The Kier molecular flexibility index (Phi) is 8.58. The summed E-state index contributed by atoms with van der Waals surface area (Å²) in [6.07, 6.45) is 5.30. The molecule has 41 heavy (non-hydrogen) atoms. The van der Waals surface area contributed by atoms with E-state index in [-0.39, 0.29) is 17.3 Å². The van der Waals surface area contributed by atoms with Crippen LogP contribution in [0.15, 0.2) is 101 Å². The van der Waals surface area contributed by atoms with E-state index in [1.165, 1.54) is 4.57 Å². The molecule has 4 aromatic rings. The first-order valence-electron chi connectivity index (χ1n) is 14.1. The Morgan fingerprint density at radius 1 is 0.878 bits per heavy atom. The molecule has 0 bridgehead atoms. The van der Waals surface area contributed by atoms with Crippen molar-refractivity contribution in [2.75, 3.05) is 6.54 Å². The summed E-state index contributed by atoms with van der Waals surface area (Å²) < 4.78 is 2.97. The van der Waals surface area contributed by atoms with E-state index in [2.05, 4.69) is 17.5 Å². The molecular weight excluding hydrogens is 510 g/mol. The van der Waals surface area contributed by atoms with Gasteiger partial charge in [0.25, 0.3) is 5.56 Å². The minimum absolute atomic E-state index is 0.243. The lowest BCUT2D eigenvalue weighted by Crippen LogP contribution is -2.42. The van der Waals surface area contributed by atoms with Gasteiger partial charge >= 0.3 is 5.69 Å². The molecule has 1 saturated carbocycles. The topological polar surface area (TPSA) is 104 Å². The number of nitrogens with zero attached hydrogens (tertiary/aromatic N) is 4. The van der Waals surface area contributed by atoms with Crippen molar-refractivity contribution in [3.8, 4) is 23.3 Å². The van der Waals surface area contributed by atoms with Gasteiger partial charge in [-0.1, -0.05) is 78.9 Å². The third kappa shape index (κ3) is 6.06. The molecule has 0 unspecified atom stereocenters. The molecule has 5 rings (SSSR count). The smallest absolute Gasteiger partial charge is 0.314 e. The van der Waals surface area contributed by atoms with Crippen LogP contribution < -0.4 is 16.6 Å². The van der Waals surface area contributed by atoms with Gasteiger partial charge in [0, 0.05) is 18.8 Å². The standard InChI is InChI=1S/C34H33N5O2/c35-22-28-14-7-8-15-31(28)34(25-36)18-16-29(17-19-34)37-20-9-21-39-32(40)30(27-12-5-2-6-13-27)24-38(33(39)41)23-26-10-3-1-4-11-26/h1-8,10-15,24,29,37H,9,16-21,23H2/t29-,34+. The first kappa shape index (κ1) is 27.8. The zero-order chi connectivity index (χ0) is 28.7. The Balaban J connectivity index is 1.27. The van der Waals surface area contributed by atoms with Crippen molar-refractivity contribution < 1.29 is 0 Å². The summed E-state index contributed by atoms with van der Waals surface area (Å²) in [7, 11) is 0. The van der Waals surface area contributed by atoms with Gasteiger partial charge in [-0.3, -0.25) is 13.9 Å². The average molecular weight is 544 g/mol. The van der Waals surface area contributed by atoms with E-state index in [0.717, 1.165) is 29.5 Å². The largest absolute Gasteiger partial charge is 0.331 e. The highest BCUT2D eigenvalue weighted by Gasteiger charge is 2.38. The Labute approximate surface area is 239 Å². The summed E-state index contributed by atoms with van der Waals surface area (Å²) in [5, 5.41) is 23.2. The van der Waals surface area contributed by atoms with Gasteiger partial charge in [-0.25, -0.2) is 4.79 Å². The van der Waals surface area contributed by atoms with E-state index in [0.29, 0.717) is 50.0 Å². The molecule has 7 heteroatoms. The molecule has 1 fully saturated rings. The normalized spacial score (nSPS) is 18.3. The maximum absolute atomic E-state index is 13.5. The molecule has 3 aromatic carbocycles. The van der Waals surface area contributed by atoms with Crippen LogP contribution in [0.1, 0.15) is 48.8 Å². The van der Waals surface area contributed by atoms with E-state index in [1.807, 2.05) is 78.9 Å². The number of hydrogen-bond donors (Lipinski definition) is 1. The predicted molar refractivity (Wildman–Crippen MR) is 159 cm³/mol. The van der Waals surface area contributed by atoms with Crippen LogP contribution in [0, 0.1) is 22.7 Å². The number of rotatable bonds is 9. The van der Waals surface area contributed by atoms with Gasteiger partial charge < -0.3 is 5.32 Å². The van der Waals surface area contributed by atoms with Crippen molar-refractivity contribution in [3.63, 3.8) is 0 Å². The average Bonchev–Trinajstić information content (AvgIpc) is 3.03. The van der Waals surface area contributed by atoms with Crippen molar-refractivity contribution >= 4 is 0 Å². The van der Waals surface area contributed by atoms with E-state index in [9.17, 15) is 20.1 Å². The van der Waals surface area contributed by atoms with Gasteiger partial charge in [-0.05, 0) is 61.4 Å². The van der Waals surface area contributed by atoms with Gasteiger partial charge in [0.1, 0.15) is 0 Å². The summed E-state index contributed by atoms with van der Waals surface area (Å²) in [5.74, 6) is 0. The lowest BCUT2D eigenvalue weighted by Gasteiger charge is -2.36. The fraction of sp³-hybridized carbons (Fsp3) is 0.294. The Morgan fingerprint density at radius 3 is 2.22 bits per heavy atom. The monoisotopic (exact) mass is 543 g/mol. The molecular formula is C34H33N5O2. The molecule has 7 nitrogen and oxygen atoms in total. The maximum atomic E-state index is 13.5. The van der Waals surface area contributed by atoms with E-state index < -0.39 is 5.41 Å². The van der Waals surface area contributed by atoms with Crippen LogP contribution in [0.3, 0.4) is 0 Å². The predicted octanol–water partition coefficient (Wildman–Crippen LogP) is 4.98. The van der Waals surface area contributed by atoms with Crippen LogP contribution in [0.25, 0.3) is 11.1 Å². The first-order valence-corrected chi connectivity index (χ1v) is 14.1. The molecule has 0 spiro atoms. The summed E-state index contributed by atoms with van der Waals surface area (Å²) in [6.45, 7) is 1.35. The molecule has 1 aliphatic carbocycles. The highest BCUT2D eigenvalue weighted by atomic mass is 16.2. The van der Waals surface area contributed by atoms with Crippen molar-refractivity contribution in [3.05, 3.63) is 129 Å². The van der Waals surface area contributed by atoms with Gasteiger partial charge in [-0.2, -0.15) is 10.5 Å². The molecule has 0 atom stereocenters. The number of nitriles is 2. The highest BCUT2D eigenvalue weighted by molar-refractivity contribution is 5.61. The minimum atomic E-state index is -0.639. The zero-order valence-corrected chi connectivity index (χ0v) is 23.0. The lowest BCUT2D eigenvalue weighted by molar-refractivity contribution is 0.293. The molecule has 0 radical (unpaired) electrons. The third-order valence-electron chi connectivity index (χ3n) is 8.13. The maximum Gasteiger partial charge on any atom is 0.331 e. The molecule has 206 valence electrons. The second-order valence-electron chi connectivity index (χ2n) is 10.7. The van der Waals surface area contributed by atoms with E-state index >= 15 is 0 Å². The van der Waals surface area contributed by atoms with Gasteiger partial charge in [-0.15, -0.1) is 0 Å². The second kappa shape index (κ2) is 12.6. The van der Waals surface area contributed by atoms with Crippen molar-refractivity contribution in [2.24, 2.45) is 0 Å². The summed E-state index contributed by atoms with van der Waals surface area (Å²) in [4.78, 5) is 26.9. The van der Waals surface area contributed by atoms with Crippen LogP contribution in [0.4, 0.5) is 0 Å². The Morgan fingerprint density at radius 2 is 1.54 bits per heavy atom. The van der Waals surface area contributed by atoms with Crippen molar-refractivity contribution in [2.45, 2.75) is 56.7 Å². The molecule has 1 aliphatic rings. The fourth-order valence-corrected chi connectivity index (χ4v) is 5.86. The van der Waals surface area contributed by atoms with E-state index in [4.69, 9.17) is 0 Å².